The number of benzene rings is 1. The predicted octanol–water partition coefficient (Wildman–Crippen LogP) is 2.52. The minimum atomic E-state index is -3.42. The van der Waals surface area contributed by atoms with Crippen molar-refractivity contribution in [2.75, 3.05) is 13.1 Å². The number of hydrogen-bond acceptors (Lipinski definition) is 3. The highest BCUT2D eigenvalue weighted by atomic mass is 32.2. The summed E-state index contributed by atoms with van der Waals surface area (Å²) in [4.78, 5) is 0.420. The van der Waals surface area contributed by atoms with Gasteiger partial charge >= 0.3 is 0 Å². The number of nitrogens with one attached hydrogen (secondary N) is 1. The van der Waals surface area contributed by atoms with Crippen molar-refractivity contribution in [3.63, 3.8) is 0 Å². The highest BCUT2D eigenvalue weighted by Crippen LogP contribution is 2.23. The predicted molar refractivity (Wildman–Crippen MR) is 83.3 cm³/mol. The SMILES string of the molecule is CCNCc1ccc(C)c(S(=O)(=O)N(CC)C(C)C)c1. The van der Waals surface area contributed by atoms with E-state index in [9.17, 15) is 8.42 Å². The van der Waals surface area contributed by atoms with E-state index in [0.29, 0.717) is 18.0 Å². The van der Waals surface area contributed by atoms with Crippen LogP contribution in [-0.4, -0.2) is 31.9 Å². The third kappa shape index (κ3) is 3.81. The van der Waals surface area contributed by atoms with E-state index in [1.54, 1.807) is 6.07 Å². The van der Waals surface area contributed by atoms with Crippen LogP contribution in [0.5, 0.6) is 0 Å². The number of nitrogens with zero attached hydrogens (tertiary/aromatic N) is 1. The zero-order valence-corrected chi connectivity index (χ0v) is 13.9. The normalized spacial score (nSPS) is 12.3. The Kier molecular flexibility index (Phi) is 6.17. The van der Waals surface area contributed by atoms with E-state index in [-0.39, 0.29) is 6.04 Å². The molecule has 0 radical (unpaired) electrons. The highest BCUT2D eigenvalue weighted by Gasteiger charge is 2.27. The number of aryl methyl sites for hydroxylation is 1. The monoisotopic (exact) mass is 298 g/mol. The lowest BCUT2D eigenvalue weighted by atomic mass is 10.1. The lowest BCUT2D eigenvalue weighted by Crippen LogP contribution is -2.37. The molecule has 5 heteroatoms. The third-order valence-electron chi connectivity index (χ3n) is 3.31. The maximum Gasteiger partial charge on any atom is 0.243 e. The number of sulfonamides is 1. The molecule has 0 atom stereocenters. The second kappa shape index (κ2) is 7.20. The molecule has 0 fully saturated rings. The summed E-state index contributed by atoms with van der Waals surface area (Å²) < 4.78 is 27.0. The summed E-state index contributed by atoms with van der Waals surface area (Å²) >= 11 is 0. The van der Waals surface area contributed by atoms with Crippen LogP contribution in [0.25, 0.3) is 0 Å². The van der Waals surface area contributed by atoms with Gasteiger partial charge in [-0.2, -0.15) is 4.31 Å². The summed E-state index contributed by atoms with van der Waals surface area (Å²) in [7, 11) is -3.42. The summed E-state index contributed by atoms with van der Waals surface area (Å²) in [5.74, 6) is 0. The first kappa shape index (κ1) is 17.1. The van der Waals surface area contributed by atoms with Gasteiger partial charge in [0.25, 0.3) is 0 Å². The molecule has 0 aliphatic carbocycles. The van der Waals surface area contributed by atoms with E-state index in [1.165, 1.54) is 4.31 Å². The second-order valence-corrected chi connectivity index (χ2v) is 7.04. The zero-order valence-electron chi connectivity index (χ0n) is 13.1. The van der Waals surface area contributed by atoms with E-state index in [1.807, 2.05) is 46.8 Å². The molecule has 0 saturated heterocycles. The molecule has 1 aromatic carbocycles. The van der Waals surface area contributed by atoms with Gasteiger partial charge in [0, 0.05) is 19.1 Å². The Morgan fingerprint density at radius 1 is 1.25 bits per heavy atom. The molecule has 4 nitrogen and oxygen atoms in total. The van der Waals surface area contributed by atoms with E-state index in [2.05, 4.69) is 5.32 Å². The molecule has 1 N–H and O–H groups in total. The van der Waals surface area contributed by atoms with Crippen LogP contribution in [0.4, 0.5) is 0 Å². The lowest BCUT2D eigenvalue weighted by molar-refractivity contribution is 0.369. The zero-order chi connectivity index (χ0) is 15.3. The topological polar surface area (TPSA) is 49.4 Å². The third-order valence-corrected chi connectivity index (χ3v) is 5.60. The molecule has 0 spiro atoms. The molecule has 0 aliphatic rings. The summed E-state index contributed by atoms with van der Waals surface area (Å²) in [6.07, 6.45) is 0. The molecule has 0 amide bonds. The molecule has 0 aliphatic heterocycles. The minimum absolute atomic E-state index is 0.0400. The summed E-state index contributed by atoms with van der Waals surface area (Å²) in [5.41, 5.74) is 1.79. The van der Waals surface area contributed by atoms with E-state index in [0.717, 1.165) is 17.7 Å². The van der Waals surface area contributed by atoms with Crippen molar-refractivity contribution < 1.29 is 8.42 Å². The van der Waals surface area contributed by atoms with E-state index >= 15 is 0 Å². The van der Waals surface area contributed by atoms with Gasteiger partial charge in [-0.15, -0.1) is 0 Å². The van der Waals surface area contributed by atoms with Gasteiger partial charge in [-0.3, -0.25) is 0 Å². The van der Waals surface area contributed by atoms with E-state index < -0.39 is 10.0 Å². The van der Waals surface area contributed by atoms with Crippen LogP contribution in [-0.2, 0) is 16.6 Å². The molecule has 0 unspecified atom stereocenters. The van der Waals surface area contributed by atoms with E-state index in [4.69, 9.17) is 0 Å². The van der Waals surface area contributed by atoms with Crippen molar-refractivity contribution in [2.24, 2.45) is 0 Å². The molecule has 0 saturated carbocycles. The summed E-state index contributed by atoms with van der Waals surface area (Å²) in [5, 5.41) is 3.22. The fourth-order valence-electron chi connectivity index (χ4n) is 2.24. The van der Waals surface area contributed by atoms with Gasteiger partial charge in [0.15, 0.2) is 0 Å². The van der Waals surface area contributed by atoms with Crippen molar-refractivity contribution in [1.82, 2.24) is 9.62 Å². The van der Waals surface area contributed by atoms with Gasteiger partial charge in [0.05, 0.1) is 4.90 Å². The molecule has 1 aromatic rings. The Bertz CT molecular complexity index is 539. The molecular weight excluding hydrogens is 272 g/mol. The summed E-state index contributed by atoms with van der Waals surface area (Å²) in [6, 6.07) is 5.61. The summed E-state index contributed by atoms with van der Waals surface area (Å²) in [6.45, 7) is 11.6. The first-order valence-electron chi connectivity index (χ1n) is 7.16. The smallest absolute Gasteiger partial charge is 0.243 e. The van der Waals surface area contributed by atoms with Crippen molar-refractivity contribution in [3.05, 3.63) is 29.3 Å². The Morgan fingerprint density at radius 3 is 2.40 bits per heavy atom. The van der Waals surface area contributed by atoms with Crippen LogP contribution in [0.3, 0.4) is 0 Å². The van der Waals surface area contributed by atoms with Crippen LogP contribution in [0, 0.1) is 6.92 Å². The minimum Gasteiger partial charge on any atom is -0.313 e. The quantitative estimate of drug-likeness (QED) is 0.841. The molecular formula is C15H26N2O2S. The highest BCUT2D eigenvalue weighted by molar-refractivity contribution is 7.89. The molecule has 0 heterocycles. The van der Waals surface area contributed by atoms with Crippen LogP contribution in [0.2, 0.25) is 0 Å². The maximum atomic E-state index is 12.8. The van der Waals surface area contributed by atoms with Crippen LogP contribution in [0.1, 0.15) is 38.8 Å². The average Bonchev–Trinajstić information content (AvgIpc) is 2.37. The fraction of sp³-hybridized carbons (Fsp3) is 0.600. The largest absolute Gasteiger partial charge is 0.313 e. The van der Waals surface area contributed by atoms with Gasteiger partial charge in [0.1, 0.15) is 0 Å². The standard InChI is InChI=1S/C15H26N2O2S/c1-6-16-11-14-9-8-13(5)15(10-14)20(18,19)17(7-2)12(3)4/h8-10,12,16H,6-7,11H2,1-5H3. The number of rotatable bonds is 7. The van der Waals surface area contributed by atoms with Gasteiger partial charge in [-0.05, 0) is 44.5 Å². The molecule has 1 rings (SSSR count). The number of hydrogen-bond donors (Lipinski definition) is 1. The molecule has 20 heavy (non-hydrogen) atoms. The Hall–Kier alpha value is -0.910. The first-order chi connectivity index (χ1) is 9.34. The van der Waals surface area contributed by atoms with Gasteiger partial charge in [-0.1, -0.05) is 26.0 Å². The van der Waals surface area contributed by atoms with Gasteiger partial charge in [0.2, 0.25) is 10.0 Å². The maximum absolute atomic E-state index is 12.8. The first-order valence-corrected chi connectivity index (χ1v) is 8.60. The Labute approximate surface area is 123 Å². The van der Waals surface area contributed by atoms with Crippen molar-refractivity contribution in [3.8, 4) is 0 Å². The van der Waals surface area contributed by atoms with Crippen LogP contribution < -0.4 is 5.32 Å². The van der Waals surface area contributed by atoms with Gasteiger partial charge < -0.3 is 5.32 Å². The van der Waals surface area contributed by atoms with Crippen molar-refractivity contribution in [1.29, 1.82) is 0 Å². The fourth-order valence-corrected chi connectivity index (χ4v) is 4.16. The Balaban J connectivity index is 3.22. The lowest BCUT2D eigenvalue weighted by Gasteiger charge is -2.25. The van der Waals surface area contributed by atoms with Crippen molar-refractivity contribution >= 4 is 10.0 Å². The van der Waals surface area contributed by atoms with Crippen LogP contribution >= 0.6 is 0 Å². The Morgan fingerprint density at radius 2 is 1.90 bits per heavy atom. The van der Waals surface area contributed by atoms with Gasteiger partial charge in [-0.25, -0.2) is 8.42 Å². The second-order valence-electron chi connectivity index (χ2n) is 5.18. The molecule has 114 valence electrons. The molecule has 0 bridgehead atoms. The average molecular weight is 298 g/mol. The van der Waals surface area contributed by atoms with Crippen molar-refractivity contribution in [2.45, 2.75) is 52.1 Å². The van der Waals surface area contributed by atoms with Crippen LogP contribution in [0.15, 0.2) is 23.1 Å². The molecule has 0 aromatic heterocycles.